The van der Waals surface area contributed by atoms with E-state index in [4.69, 9.17) is 54.0 Å². The van der Waals surface area contributed by atoms with Crippen LogP contribution in [-0.2, 0) is 33.2 Å². The maximum atomic E-state index is 14.1. The highest BCUT2D eigenvalue weighted by Gasteiger charge is 2.69. The average Bonchev–Trinajstić information content (AvgIpc) is 3.50. The first kappa shape index (κ1) is 53.7. The Balaban J connectivity index is 0.000000645. The van der Waals surface area contributed by atoms with Crippen LogP contribution in [0.3, 0.4) is 0 Å². The number of ether oxygens (including phenoxy) is 6. The molecule has 3 heterocycles. The first-order valence-electron chi connectivity index (χ1n) is 22.8. The fourth-order valence-corrected chi connectivity index (χ4v) is 12.5. The molecule has 3 saturated heterocycles. The maximum Gasteiger partial charge on any atom is 0.314 e. The average molecular weight is 957 g/mol. The summed E-state index contributed by atoms with van der Waals surface area (Å²) in [6, 6.07) is 0. The summed E-state index contributed by atoms with van der Waals surface area (Å²) in [5, 5.41) is 157. The summed E-state index contributed by atoms with van der Waals surface area (Å²) in [5.41, 5.74) is -1.80. The largest absolute Gasteiger partial charge is 0.432 e. The van der Waals surface area contributed by atoms with Gasteiger partial charge in [0.15, 0.2) is 12.6 Å². The third kappa shape index (κ3) is 9.61. The number of esters is 1. The van der Waals surface area contributed by atoms with Gasteiger partial charge in [-0.1, -0.05) is 19.9 Å². The summed E-state index contributed by atoms with van der Waals surface area (Å²) in [6.07, 6.45) is -22.1. The standard InChI is InChI=1S/C38H60O18.C5H12O5/c1-16-11-37-9-5-20-35(2,7-4-8-36(20,3)34(50)55-32-29(49)26(46)23(43)18(13-40)52-32)21(37)6-10-38(16,15-37)56-33-30(27(47)24(44)19(14-41)53-33)54-31-28(48)25(45)22(42)17(12-39)51-31;6-1-3(8)5(10)4(9)2-7/h17-33,39-49H,1,4-15H2,2-3H3;3-10H,1-2H2/t17-,18-,19-,20+,21+,22-,23-,24-,25+,26+,27+,28-,29-,30-,31+,32+,33+,35-,36-,37-,38+;3-,4+,5+/m1./s1. The molecule has 0 unspecified atom stereocenters. The van der Waals surface area contributed by atoms with E-state index in [0.717, 1.165) is 18.4 Å². The van der Waals surface area contributed by atoms with E-state index in [1.165, 1.54) is 0 Å². The second-order valence-corrected chi connectivity index (χ2v) is 20.0. The quantitative estimate of drug-likeness (QED) is 0.0464. The maximum absolute atomic E-state index is 14.1. The van der Waals surface area contributed by atoms with Gasteiger partial charge in [-0.3, -0.25) is 4.79 Å². The lowest BCUT2D eigenvalue weighted by Gasteiger charge is -2.64. The minimum absolute atomic E-state index is 0.121. The van der Waals surface area contributed by atoms with Crippen LogP contribution in [0.1, 0.15) is 71.6 Å². The molecule has 0 aromatic rings. The fraction of sp³-hybridized carbons (Fsp3) is 0.930. The van der Waals surface area contributed by atoms with Crippen molar-refractivity contribution in [3.05, 3.63) is 12.2 Å². The number of carbonyl (C=O) groups is 1. The van der Waals surface area contributed by atoms with E-state index < -0.39 is 160 Å². The summed E-state index contributed by atoms with van der Waals surface area (Å²) < 4.78 is 35.6. The van der Waals surface area contributed by atoms with Crippen LogP contribution >= 0.6 is 0 Å². The van der Waals surface area contributed by atoms with Gasteiger partial charge in [-0.15, -0.1) is 0 Å². The second kappa shape index (κ2) is 21.0. The molecule has 0 aromatic heterocycles. The lowest BCUT2D eigenvalue weighted by Crippen LogP contribution is -2.65. The molecule has 7 aliphatic rings. The Kier molecular flexibility index (Phi) is 17.1. The van der Waals surface area contributed by atoms with E-state index in [9.17, 15) is 61.0 Å². The summed E-state index contributed by atoms with van der Waals surface area (Å²) >= 11 is 0. The first-order valence-corrected chi connectivity index (χ1v) is 22.8. The van der Waals surface area contributed by atoms with Gasteiger partial charge in [0.1, 0.15) is 91.6 Å². The molecular weight excluding hydrogens is 884 g/mol. The zero-order chi connectivity index (χ0) is 48.8. The number of hydrogen-bond donors (Lipinski definition) is 16. The minimum atomic E-state index is -1.81. The molecule has 7 rings (SSSR count). The Bertz CT molecular complexity index is 1630. The third-order valence-electron chi connectivity index (χ3n) is 16.1. The molecule has 16 N–H and O–H groups in total. The zero-order valence-corrected chi connectivity index (χ0v) is 37.2. The van der Waals surface area contributed by atoms with Crippen molar-refractivity contribution in [2.24, 2.45) is 28.1 Å². The van der Waals surface area contributed by atoms with Crippen molar-refractivity contribution < 1.29 is 115 Å². The SMILES string of the molecule is C=C1C[C@@]23CC[C@H]4[C@@](C)(CCC[C@@]4(C)C(=O)O[C@@H]4O[C@H](CO)[C@@H](O)[C@H](O)[C@H]4O)[C@@H]2CC[C@]1(O[C@@H]1O[C@H](CO)[C@@H](O)[C@H](O)[C@H]1O[C@@H]1O[C@H](CO)[C@@H](O)[C@H](O)[C@H]1O)C3.OC[C@@H](O)[C@H](O)[C@@H](O)CO. The lowest BCUT2D eigenvalue weighted by molar-refractivity contribution is -0.378. The minimum Gasteiger partial charge on any atom is -0.432 e. The van der Waals surface area contributed by atoms with Crippen molar-refractivity contribution in [2.75, 3.05) is 33.0 Å². The molecule has 23 nitrogen and oxygen atoms in total. The number of aliphatic hydroxyl groups excluding tert-OH is 16. The Morgan fingerprint density at radius 2 is 1.15 bits per heavy atom. The van der Waals surface area contributed by atoms with Gasteiger partial charge in [-0.25, -0.2) is 0 Å². The van der Waals surface area contributed by atoms with E-state index in [-0.39, 0.29) is 22.7 Å². The van der Waals surface area contributed by atoms with Crippen LogP contribution in [0.2, 0.25) is 0 Å². The molecule has 3 aliphatic heterocycles. The number of carbonyl (C=O) groups excluding carboxylic acids is 1. The van der Waals surface area contributed by atoms with Gasteiger partial charge >= 0.3 is 5.97 Å². The van der Waals surface area contributed by atoms with Crippen LogP contribution in [0.25, 0.3) is 0 Å². The van der Waals surface area contributed by atoms with Crippen molar-refractivity contribution >= 4 is 5.97 Å². The highest BCUT2D eigenvalue weighted by atomic mass is 16.8. The molecule has 2 bridgehead atoms. The Morgan fingerprint density at radius 3 is 1.70 bits per heavy atom. The molecular formula is C43H72O23. The summed E-state index contributed by atoms with van der Waals surface area (Å²) in [5.74, 6) is -0.591. The first-order chi connectivity index (χ1) is 31.0. The van der Waals surface area contributed by atoms with Crippen LogP contribution in [-0.4, -0.2) is 237 Å². The van der Waals surface area contributed by atoms with E-state index in [1.54, 1.807) is 0 Å². The van der Waals surface area contributed by atoms with Crippen molar-refractivity contribution in [1.29, 1.82) is 0 Å². The molecule has 4 saturated carbocycles. The summed E-state index contributed by atoms with van der Waals surface area (Å²) in [4.78, 5) is 14.1. The number of aliphatic hydroxyl groups is 16. The fourth-order valence-electron chi connectivity index (χ4n) is 12.5. The van der Waals surface area contributed by atoms with Crippen LogP contribution in [0.5, 0.6) is 0 Å². The van der Waals surface area contributed by atoms with Gasteiger partial charge < -0.3 is 110 Å². The molecule has 66 heavy (non-hydrogen) atoms. The normalized spacial score (nSPS) is 49.4. The monoisotopic (exact) mass is 956 g/mol. The van der Waals surface area contributed by atoms with Gasteiger partial charge in [0.05, 0.1) is 44.1 Å². The molecule has 1 spiro atoms. The molecule has 4 aliphatic carbocycles. The van der Waals surface area contributed by atoms with E-state index >= 15 is 0 Å². The van der Waals surface area contributed by atoms with Crippen molar-refractivity contribution in [3.63, 3.8) is 0 Å². The summed E-state index contributed by atoms with van der Waals surface area (Å²) in [6.45, 7) is 5.24. The van der Waals surface area contributed by atoms with Gasteiger partial charge in [0.2, 0.25) is 6.29 Å². The van der Waals surface area contributed by atoms with Crippen LogP contribution in [0.4, 0.5) is 0 Å². The summed E-state index contributed by atoms with van der Waals surface area (Å²) in [7, 11) is 0. The Hall–Kier alpha value is -1.63. The zero-order valence-electron chi connectivity index (χ0n) is 37.2. The van der Waals surface area contributed by atoms with Gasteiger partial charge in [-0.05, 0) is 86.5 Å². The highest BCUT2D eigenvalue weighted by Crippen LogP contribution is 2.73. The number of rotatable bonds is 13. The predicted octanol–water partition coefficient (Wildman–Crippen LogP) is -5.88. The van der Waals surface area contributed by atoms with Crippen LogP contribution < -0.4 is 0 Å². The van der Waals surface area contributed by atoms with Crippen molar-refractivity contribution in [2.45, 2.75) is 188 Å². The number of hydrogen-bond acceptors (Lipinski definition) is 23. The van der Waals surface area contributed by atoms with E-state index in [2.05, 4.69) is 13.5 Å². The van der Waals surface area contributed by atoms with Crippen LogP contribution in [0, 0.1) is 28.1 Å². The molecule has 0 aromatic carbocycles. The predicted molar refractivity (Wildman–Crippen MR) is 219 cm³/mol. The van der Waals surface area contributed by atoms with Gasteiger partial charge in [-0.2, -0.15) is 0 Å². The number of fused-ring (bicyclic) bond motifs is 3. The Labute approximate surface area is 381 Å². The highest BCUT2D eigenvalue weighted by molar-refractivity contribution is 5.77. The molecule has 382 valence electrons. The molecule has 0 radical (unpaired) electrons. The van der Waals surface area contributed by atoms with Crippen LogP contribution in [0.15, 0.2) is 12.2 Å². The Morgan fingerprint density at radius 1 is 0.652 bits per heavy atom. The second-order valence-electron chi connectivity index (χ2n) is 20.0. The molecule has 23 heteroatoms. The lowest BCUT2D eigenvalue weighted by atomic mass is 9.41. The van der Waals surface area contributed by atoms with E-state index in [1.807, 2.05) is 6.92 Å². The third-order valence-corrected chi connectivity index (χ3v) is 16.1. The molecule has 7 fully saturated rings. The smallest absolute Gasteiger partial charge is 0.314 e. The van der Waals surface area contributed by atoms with Gasteiger partial charge in [0, 0.05) is 0 Å². The van der Waals surface area contributed by atoms with Crippen molar-refractivity contribution in [3.8, 4) is 0 Å². The molecule has 24 atom stereocenters. The topological polar surface area (TPSA) is 396 Å². The molecule has 0 amide bonds. The van der Waals surface area contributed by atoms with Gasteiger partial charge in [0.25, 0.3) is 0 Å². The van der Waals surface area contributed by atoms with E-state index in [0.29, 0.717) is 44.9 Å². The van der Waals surface area contributed by atoms with Crippen molar-refractivity contribution in [1.82, 2.24) is 0 Å².